The molecule has 0 fully saturated rings. The fraction of sp³-hybridized carbons (Fsp3) is 0.333. The minimum atomic E-state index is -0.259. The molecule has 0 aliphatic rings. The Morgan fingerprint density at radius 3 is 2.76 bits per heavy atom. The zero-order valence-corrected chi connectivity index (χ0v) is 12.7. The Balaban J connectivity index is 1.89. The van der Waals surface area contributed by atoms with Gasteiger partial charge >= 0.3 is 6.03 Å². The van der Waals surface area contributed by atoms with Crippen molar-refractivity contribution in [3.8, 4) is 0 Å². The summed E-state index contributed by atoms with van der Waals surface area (Å²) in [5.41, 5.74) is 0.979. The lowest BCUT2D eigenvalue weighted by Gasteiger charge is -2.18. The van der Waals surface area contributed by atoms with Gasteiger partial charge in [-0.2, -0.15) is 0 Å². The molecule has 6 heteroatoms. The largest absolute Gasteiger partial charge is 0.396 e. The van der Waals surface area contributed by atoms with Gasteiger partial charge in [-0.25, -0.2) is 9.78 Å². The molecule has 1 heterocycles. The molecule has 112 valence electrons. The van der Waals surface area contributed by atoms with Gasteiger partial charge in [0.1, 0.15) is 5.01 Å². The molecule has 3 N–H and O–H groups in total. The molecular formula is C15H19N3O2S. The van der Waals surface area contributed by atoms with Crippen molar-refractivity contribution < 1.29 is 9.90 Å². The molecule has 2 aromatic rings. The van der Waals surface area contributed by atoms with Crippen molar-refractivity contribution >= 4 is 17.4 Å². The lowest BCUT2D eigenvalue weighted by Crippen LogP contribution is -2.37. The molecule has 5 nitrogen and oxygen atoms in total. The number of nitrogens with zero attached hydrogens (tertiary/aromatic N) is 1. The highest BCUT2D eigenvalue weighted by molar-refractivity contribution is 7.11. The Kier molecular flexibility index (Phi) is 5.71. The molecule has 0 unspecified atom stereocenters. The van der Waals surface area contributed by atoms with Crippen LogP contribution in [0.4, 0.5) is 4.79 Å². The van der Waals surface area contributed by atoms with Crippen LogP contribution in [-0.2, 0) is 6.54 Å². The first kappa shape index (κ1) is 15.5. The first-order valence-corrected chi connectivity index (χ1v) is 7.62. The summed E-state index contributed by atoms with van der Waals surface area (Å²) >= 11 is 1.56. The molecule has 0 saturated carbocycles. The minimum absolute atomic E-state index is 0.0194. The van der Waals surface area contributed by atoms with Gasteiger partial charge in [0.15, 0.2) is 0 Å². The number of carbonyl (C=O) groups excluding carboxylic acids is 1. The van der Waals surface area contributed by atoms with Crippen molar-refractivity contribution in [3.63, 3.8) is 0 Å². The normalized spacial score (nSPS) is 11.9. The second-order valence-electron chi connectivity index (χ2n) is 4.67. The summed E-state index contributed by atoms with van der Waals surface area (Å²) in [6.07, 6.45) is 2.27. The predicted octanol–water partition coefficient (Wildman–Crippen LogP) is 2.37. The van der Waals surface area contributed by atoms with Gasteiger partial charge in [0.25, 0.3) is 0 Å². The molecular weight excluding hydrogens is 286 g/mol. The average Bonchev–Trinajstić information content (AvgIpc) is 2.91. The topological polar surface area (TPSA) is 74.2 Å². The quantitative estimate of drug-likeness (QED) is 0.767. The summed E-state index contributed by atoms with van der Waals surface area (Å²) in [6, 6.07) is 9.16. The number of aliphatic hydroxyl groups excluding tert-OH is 1. The Labute approximate surface area is 128 Å². The summed E-state index contributed by atoms with van der Waals surface area (Å²) in [6.45, 7) is 2.41. The Morgan fingerprint density at radius 2 is 2.14 bits per heavy atom. The van der Waals surface area contributed by atoms with E-state index in [1.165, 1.54) is 0 Å². The summed E-state index contributed by atoms with van der Waals surface area (Å²) in [5, 5.41) is 15.7. The zero-order valence-electron chi connectivity index (χ0n) is 11.9. The molecule has 2 amide bonds. The standard InChI is InChI=1S/C15H19N3O2S/c1-11-9-16-14(21-11)10-17-15(20)18-13(7-8-19)12-5-3-2-4-6-12/h2-6,9,13,19H,7-8,10H2,1H3,(H2,17,18,20)/t13-/m1/s1. The number of aryl methyl sites for hydroxylation is 1. The molecule has 0 radical (unpaired) electrons. The molecule has 2 rings (SSSR count). The van der Waals surface area contributed by atoms with E-state index in [1.54, 1.807) is 17.5 Å². The van der Waals surface area contributed by atoms with E-state index >= 15 is 0 Å². The zero-order chi connectivity index (χ0) is 15.1. The van der Waals surface area contributed by atoms with Crippen LogP contribution in [0.15, 0.2) is 36.5 Å². The third-order valence-corrected chi connectivity index (χ3v) is 3.91. The van der Waals surface area contributed by atoms with E-state index in [1.807, 2.05) is 37.3 Å². The lowest BCUT2D eigenvalue weighted by atomic mass is 10.0. The first-order chi connectivity index (χ1) is 10.2. The second kappa shape index (κ2) is 7.75. The number of rotatable bonds is 6. The smallest absolute Gasteiger partial charge is 0.315 e. The summed E-state index contributed by atoms with van der Waals surface area (Å²) in [7, 11) is 0. The molecule has 0 bridgehead atoms. The molecule has 0 spiro atoms. The number of benzene rings is 1. The van der Waals surface area contributed by atoms with Crippen LogP contribution in [0.2, 0.25) is 0 Å². The van der Waals surface area contributed by atoms with Gasteiger partial charge in [0, 0.05) is 17.7 Å². The summed E-state index contributed by atoms with van der Waals surface area (Å²) in [4.78, 5) is 17.3. The van der Waals surface area contributed by atoms with Crippen molar-refractivity contribution in [2.75, 3.05) is 6.61 Å². The Morgan fingerprint density at radius 1 is 1.38 bits per heavy atom. The van der Waals surface area contributed by atoms with Crippen molar-refractivity contribution in [2.45, 2.75) is 25.9 Å². The maximum Gasteiger partial charge on any atom is 0.315 e. The van der Waals surface area contributed by atoms with Crippen LogP contribution in [0.3, 0.4) is 0 Å². The molecule has 0 aliphatic carbocycles. The fourth-order valence-corrected chi connectivity index (χ4v) is 2.71. The molecule has 0 saturated heterocycles. The SMILES string of the molecule is Cc1cnc(CNC(=O)N[C@H](CCO)c2ccccc2)s1. The second-order valence-corrected chi connectivity index (χ2v) is 5.99. The molecule has 0 aliphatic heterocycles. The van der Waals surface area contributed by atoms with Crippen LogP contribution < -0.4 is 10.6 Å². The van der Waals surface area contributed by atoms with E-state index in [0.717, 1.165) is 15.4 Å². The van der Waals surface area contributed by atoms with Crippen LogP contribution in [0, 0.1) is 6.92 Å². The Hall–Kier alpha value is -1.92. The predicted molar refractivity (Wildman–Crippen MR) is 83.1 cm³/mol. The summed E-state index contributed by atoms with van der Waals surface area (Å²) in [5.74, 6) is 0. The van der Waals surface area contributed by atoms with Crippen LogP contribution in [0.1, 0.15) is 27.9 Å². The van der Waals surface area contributed by atoms with E-state index in [2.05, 4.69) is 15.6 Å². The number of nitrogens with one attached hydrogen (secondary N) is 2. The molecule has 1 aromatic carbocycles. The summed E-state index contributed by atoms with van der Waals surface area (Å²) < 4.78 is 0. The molecule has 1 atom stereocenters. The minimum Gasteiger partial charge on any atom is -0.396 e. The third kappa shape index (κ3) is 4.84. The number of thiazole rings is 1. The van der Waals surface area contributed by atoms with E-state index in [4.69, 9.17) is 5.11 Å². The maximum atomic E-state index is 12.0. The number of urea groups is 1. The number of carbonyl (C=O) groups is 1. The van der Waals surface area contributed by atoms with Gasteiger partial charge in [-0.3, -0.25) is 0 Å². The molecule has 21 heavy (non-hydrogen) atoms. The highest BCUT2D eigenvalue weighted by Crippen LogP contribution is 2.16. The number of amides is 2. The van der Waals surface area contributed by atoms with Crippen molar-refractivity contribution in [3.05, 3.63) is 52.0 Å². The van der Waals surface area contributed by atoms with Crippen LogP contribution >= 0.6 is 11.3 Å². The van der Waals surface area contributed by atoms with Gasteiger partial charge in [0.2, 0.25) is 0 Å². The van der Waals surface area contributed by atoms with Crippen LogP contribution in [0.5, 0.6) is 0 Å². The van der Waals surface area contributed by atoms with E-state index < -0.39 is 0 Å². The molecule has 1 aromatic heterocycles. The fourth-order valence-electron chi connectivity index (χ4n) is 1.98. The number of hydrogen-bond donors (Lipinski definition) is 3. The number of aliphatic hydroxyl groups is 1. The number of aromatic nitrogens is 1. The highest BCUT2D eigenvalue weighted by atomic mass is 32.1. The van der Waals surface area contributed by atoms with Crippen LogP contribution in [0.25, 0.3) is 0 Å². The van der Waals surface area contributed by atoms with E-state index in [0.29, 0.717) is 13.0 Å². The van der Waals surface area contributed by atoms with Gasteiger partial charge in [-0.15, -0.1) is 11.3 Å². The van der Waals surface area contributed by atoms with Crippen LogP contribution in [-0.4, -0.2) is 22.7 Å². The highest BCUT2D eigenvalue weighted by Gasteiger charge is 2.13. The van der Waals surface area contributed by atoms with Crippen molar-refractivity contribution in [1.82, 2.24) is 15.6 Å². The first-order valence-electron chi connectivity index (χ1n) is 6.80. The van der Waals surface area contributed by atoms with E-state index in [-0.39, 0.29) is 18.7 Å². The van der Waals surface area contributed by atoms with Gasteiger partial charge in [-0.05, 0) is 18.9 Å². The van der Waals surface area contributed by atoms with Gasteiger partial charge < -0.3 is 15.7 Å². The van der Waals surface area contributed by atoms with Gasteiger partial charge in [0.05, 0.1) is 12.6 Å². The van der Waals surface area contributed by atoms with E-state index in [9.17, 15) is 4.79 Å². The lowest BCUT2D eigenvalue weighted by molar-refractivity contribution is 0.229. The van der Waals surface area contributed by atoms with Crippen molar-refractivity contribution in [2.24, 2.45) is 0 Å². The maximum absolute atomic E-state index is 12.0. The van der Waals surface area contributed by atoms with Crippen molar-refractivity contribution in [1.29, 1.82) is 0 Å². The average molecular weight is 305 g/mol. The van der Waals surface area contributed by atoms with Gasteiger partial charge in [-0.1, -0.05) is 30.3 Å². The third-order valence-electron chi connectivity index (χ3n) is 2.99. The monoisotopic (exact) mass is 305 g/mol. The Bertz CT molecular complexity index is 571. The number of hydrogen-bond acceptors (Lipinski definition) is 4.